The van der Waals surface area contributed by atoms with Gasteiger partial charge in [-0.2, -0.15) is 0 Å². The van der Waals surface area contributed by atoms with Gasteiger partial charge in [-0.1, -0.05) is 13.8 Å². The van der Waals surface area contributed by atoms with Gasteiger partial charge < -0.3 is 15.0 Å². The second-order valence-electron chi connectivity index (χ2n) is 4.57. The molecule has 1 aliphatic rings. The van der Waals surface area contributed by atoms with E-state index in [1.807, 2.05) is 11.8 Å². The maximum atomic E-state index is 11.8. The van der Waals surface area contributed by atoms with Gasteiger partial charge in [0.15, 0.2) is 0 Å². The summed E-state index contributed by atoms with van der Waals surface area (Å²) in [5.41, 5.74) is 0. The summed E-state index contributed by atoms with van der Waals surface area (Å²) < 4.78 is 5.56. The van der Waals surface area contributed by atoms with Crippen molar-refractivity contribution < 1.29 is 9.53 Å². The third-order valence-electron chi connectivity index (χ3n) is 2.86. The molecule has 94 valence electrons. The smallest absolute Gasteiger partial charge is 0.236 e. The van der Waals surface area contributed by atoms with Gasteiger partial charge in [-0.05, 0) is 19.8 Å². The Morgan fingerprint density at radius 1 is 1.44 bits per heavy atom. The topological polar surface area (TPSA) is 41.6 Å². The number of nitrogens with zero attached hydrogens (tertiary/aromatic N) is 1. The van der Waals surface area contributed by atoms with Gasteiger partial charge in [-0.3, -0.25) is 4.79 Å². The Bertz CT molecular complexity index is 211. The number of likely N-dealkylation sites (tertiary alicyclic amines) is 1. The van der Waals surface area contributed by atoms with Crippen LogP contribution in [0.1, 0.15) is 33.6 Å². The average molecular weight is 228 g/mol. The number of hydrogen-bond donors (Lipinski definition) is 1. The van der Waals surface area contributed by atoms with E-state index in [-0.39, 0.29) is 5.91 Å². The van der Waals surface area contributed by atoms with Crippen LogP contribution in [-0.2, 0) is 9.53 Å². The summed E-state index contributed by atoms with van der Waals surface area (Å²) in [6.07, 6.45) is 2.30. The van der Waals surface area contributed by atoms with E-state index in [1.54, 1.807) is 0 Å². The predicted octanol–water partition coefficient (Wildman–Crippen LogP) is 1.01. The van der Waals surface area contributed by atoms with E-state index in [0.717, 1.165) is 32.5 Å². The van der Waals surface area contributed by atoms with Crippen molar-refractivity contribution in [1.82, 2.24) is 10.2 Å². The van der Waals surface area contributed by atoms with E-state index in [2.05, 4.69) is 19.2 Å². The molecule has 0 radical (unpaired) electrons. The molecule has 1 aliphatic heterocycles. The second kappa shape index (κ2) is 6.86. The Hall–Kier alpha value is -0.610. The summed E-state index contributed by atoms with van der Waals surface area (Å²) in [5.74, 6) is 0.212. The zero-order chi connectivity index (χ0) is 12.0. The van der Waals surface area contributed by atoms with Crippen LogP contribution in [0.3, 0.4) is 0 Å². The van der Waals surface area contributed by atoms with Crippen molar-refractivity contribution in [3.8, 4) is 0 Å². The molecular formula is C12H24N2O2. The Balaban J connectivity index is 2.22. The van der Waals surface area contributed by atoms with Crippen LogP contribution in [0.4, 0.5) is 0 Å². The summed E-state index contributed by atoms with van der Waals surface area (Å²) in [6.45, 7) is 9.02. The summed E-state index contributed by atoms with van der Waals surface area (Å²) in [7, 11) is 0. The number of rotatable bonds is 5. The van der Waals surface area contributed by atoms with E-state index in [4.69, 9.17) is 4.74 Å². The molecule has 4 nitrogen and oxygen atoms in total. The molecule has 0 saturated carbocycles. The highest BCUT2D eigenvalue weighted by Crippen LogP contribution is 2.13. The molecule has 1 N–H and O–H groups in total. The third-order valence-corrected chi connectivity index (χ3v) is 2.86. The van der Waals surface area contributed by atoms with Crippen LogP contribution in [0.2, 0.25) is 0 Å². The van der Waals surface area contributed by atoms with E-state index < -0.39 is 0 Å². The van der Waals surface area contributed by atoms with E-state index in [1.165, 1.54) is 0 Å². The van der Waals surface area contributed by atoms with Crippen LogP contribution in [0.15, 0.2) is 0 Å². The summed E-state index contributed by atoms with van der Waals surface area (Å²) in [5, 5.41) is 3.16. The lowest BCUT2D eigenvalue weighted by molar-refractivity contribution is -0.132. The van der Waals surface area contributed by atoms with Crippen molar-refractivity contribution >= 4 is 5.91 Å². The number of carbonyl (C=O) groups is 1. The van der Waals surface area contributed by atoms with Gasteiger partial charge in [-0.15, -0.1) is 0 Å². The van der Waals surface area contributed by atoms with Gasteiger partial charge in [0.25, 0.3) is 0 Å². The van der Waals surface area contributed by atoms with Crippen LogP contribution < -0.4 is 5.32 Å². The van der Waals surface area contributed by atoms with Crippen LogP contribution >= 0.6 is 0 Å². The minimum Gasteiger partial charge on any atom is -0.378 e. The quantitative estimate of drug-likeness (QED) is 0.763. The first-order chi connectivity index (χ1) is 7.63. The third kappa shape index (κ3) is 4.49. The molecule has 4 heteroatoms. The zero-order valence-electron chi connectivity index (χ0n) is 10.7. The molecular weight excluding hydrogens is 204 g/mol. The van der Waals surface area contributed by atoms with Crippen LogP contribution in [0, 0.1) is 0 Å². The summed E-state index contributed by atoms with van der Waals surface area (Å²) >= 11 is 0. The van der Waals surface area contributed by atoms with Gasteiger partial charge >= 0.3 is 0 Å². The molecule has 1 rings (SSSR count). The van der Waals surface area contributed by atoms with Crippen LogP contribution in [0.25, 0.3) is 0 Å². The van der Waals surface area contributed by atoms with Crippen molar-refractivity contribution in [3.63, 3.8) is 0 Å². The van der Waals surface area contributed by atoms with Crippen LogP contribution in [-0.4, -0.2) is 49.2 Å². The highest BCUT2D eigenvalue weighted by atomic mass is 16.5. The molecule has 0 aromatic heterocycles. The fraction of sp³-hybridized carbons (Fsp3) is 0.917. The van der Waals surface area contributed by atoms with Crippen molar-refractivity contribution in [3.05, 3.63) is 0 Å². The summed E-state index contributed by atoms with van der Waals surface area (Å²) in [4.78, 5) is 13.7. The van der Waals surface area contributed by atoms with Gasteiger partial charge in [-0.25, -0.2) is 0 Å². The molecule has 0 atom stereocenters. The molecule has 1 saturated heterocycles. The van der Waals surface area contributed by atoms with Crippen molar-refractivity contribution in [2.75, 3.05) is 26.2 Å². The molecule has 0 aromatic rings. The Labute approximate surface area is 98.3 Å². The zero-order valence-corrected chi connectivity index (χ0v) is 10.7. The fourth-order valence-electron chi connectivity index (χ4n) is 1.91. The fourth-order valence-corrected chi connectivity index (χ4v) is 1.91. The molecule has 0 spiro atoms. The standard InChI is InChI=1S/C12H24N2O2/c1-4-16-11-5-7-14(8-6-11)12(15)9-13-10(2)3/h10-11,13H,4-9H2,1-3H3. The first kappa shape index (κ1) is 13.5. The Morgan fingerprint density at radius 2 is 2.06 bits per heavy atom. The summed E-state index contributed by atoms with van der Waals surface area (Å²) in [6, 6.07) is 0.366. The molecule has 1 heterocycles. The van der Waals surface area contributed by atoms with E-state index >= 15 is 0 Å². The molecule has 1 fully saturated rings. The van der Waals surface area contributed by atoms with Gasteiger partial charge in [0.1, 0.15) is 0 Å². The first-order valence-corrected chi connectivity index (χ1v) is 6.26. The number of nitrogens with one attached hydrogen (secondary N) is 1. The average Bonchev–Trinajstić information content (AvgIpc) is 2.27. The van der Waals surface area contributed by atoms with E-state index in [9.17, 15) is 4.79 Å². The van der Waals surface area contributed by atoms with Crippen molar-refractivity contribution in [2.45, 2.75) is 45.8 Å². The number of ether oxygens (including phenoxy) is 1. The largest absolute Gasteiger partial charge is 0.378 e. The number of piperidine rings is 1. The molecule has 0 aliphatic carbocycles. The molecule has 0 bridgehead atoms. The number of amides is 1. The van der Waals surface area contributed by atoms with Gasteiger partial charge in [0, 0.05) is 25.7 Å². The molecule has 0 aromatic carbocycles. The molecule has 16 heavy (non-hydrogen) atoms. The second-order valence-corrected chi connectivity index (χ2v) is 4.57. The number of carbonyl (C=O) groups excluding carboxylic acids is 1. The lowest BCUT2D eigenvalue weighted by Gasteiger charge is -2.32. The Morgan fingerprint density at radius 3 is 2.56 bits per heavy atom. The highest BCUT2D eigenvalue weighted by molar-refractivity contribution is 5.78. The minimum atomic E-state index is 0.212. The minimum absolute atomic E-state index is 0.212. The first-order valence-electron chi connectivity index (χ1n) is 6.26. The monoisotopic (exact) mass is 228 g/mol. The lowest BCUT2D eigenvalue weighted by Crippen LogP contribution is -2.45. The van der Waals surface area contributed by atoms with Crippen molar-refractivity contribution in [1.29, 1.82) is 0 Å². The van der Waals surface area contributed by atoms with E-state index in [0.29, 0.717) is 18.7 Å². The van der Waals surface area contributed by atoms with Crippen LogP contribution in [0.5, 0.6) is 0 Å². The maximum absolute atomic E-state index is 11.8. The molecule has 0 unspecified atom stereocenters. The van der Waals surface area contributed by atoms with Gasteiger partial charge in [0.2, 0.25) is 5.91 Å². The molecule has 1 amide bonds. The Kier molecular flexibility index (Phi) is 5.77. The SMILES string of the molecule is CCOC1CCN(C(=O)CNC(C)C)CC1. The van der Waals surface area contributed by atoms with Gasteiger partial charge in [0.05, 0.1) is 12.6 Å². The maximum Gasteiger partial charge on any atom is 0.236 e. The number of hydrogen-bond acceptors (Lipinski definition) is 3. The normalized spacial score (nSPS) is 18.1. The highest BCUT2D eigenvalue weighted by Gasteiger charge is 2.22. The van der Waals surface area contributed by atoms with Crippen molar-refractivity contribution in [2.24, 2.45) is 0 Å². The predicted molar refractivity (Wildman–Crippen MR) is 64.4 cm³/mol. The lowest BCUT2D eigenvalue weighted by atomic mass is 10.1.